The zero-order valence-corrected chi connectivity index (χ0v) is 20.7. The Morgan fingerprint density at radius 2 is 1.79 bits per heavy atom. The van der Waals surface area contributed by atoms with Crippen molar-refractivity contribution in [3.05, 3.63) is 102 Å². The van der Waals surface area contributed by atoms with Gasteiger partial charge in [-0.15, -0.1) is 0 Å². The Hall–Kier alpha value is -5.05. The number of aryl methyl sites for hydroxylation is 1. The van der Waals surface area contributed by atoms with Gasteiger partial charge in [0.05, 0.1) is 18.5 Å². The minimum atomic E-state index is -0.562. The van der Waals surface area contributed by atoms with Gasteiger partial charge in [-0.1, -0.05) is 24.3 Å². The lowest BCUT2D eigenvalue weighted by atomic mass is 10.0. The van der Waals surface area contributed by atoms with E-state index >= 15 is 0 Å². The van der Waals surface area contributed by atoms with Crippen LogP contribution in [0.5, 0.6) is 11.6 Å². The number of hydrogen-bond donors (Lipinski definition) is 2. The van der Waals surface area contributed by atoms with Crippen LogP contribution in [-0.2, 0) is 6.61 Å². The van der Waals surface area contributed by atoms with Gasteiger partial charge in [-0.3, -0.25) is 4.79 Å². The number of aromatic nitrogens is 3. The van der Waals surface area contributed by atoms with Gasteiger partial charge in [-0.05, 0) is 60.5 Å². The number of carbonyl (C=O) groups is 1. The summed E-state index contributed by atoms with van der Waals surface area (Å²) in [5.41, 5.74) is 11.0. The molecule has 3 N–H and O–H groups in total. The number of para-hydroxylation sites is 2. The highest BCUT2D eigenvalue weighted by atomic mass is 19.1. The molecule has 0 atom stereocenters. The second-order valence-electron chi connectivity index (χ2n) is 8.57. The molecule has 190 valence electrons. The van der Waals surface area contributed by atoms with Crippen LogP contribution in [0.1, 0.15) is 21.6 Å². The first kappa shape index (κ1) is 24.6. The third-order valence-corrected chi connectivity index (χ3v) is 6.06. The number of pyridine rings is 1. The first-order valence-corrected chi connectivity index (χ1v) is 11.8. The number of amides is 1. The van der Waals surface area contributed by atoms with Crippen LogP contribution in [0.3, 0.4) is 0 Å². The molecular formula is C29H24FN5O3. The zero-order valence-electron chi connectivity index (χ0n) is 20.7. The summed E-state index contributed by atoms with van der Waals surface area (Å²) >= 11 is 0. The molecular weight excluding hydrogens is 485 g/mol. The molecule has 0 unspecified atom stereocenters. The fourth-order valence-electron chi connectivity index (χ4n) is 3.99. The third-order valence-electron chi connectivity index (χ3n) is 6.06. The van der Waals surface area contributed by atoms with Crippen molar-refractivity contribution in [2.24, 2.45) is 0 Å². The van der Waals surface area contributed by atoms with Gasteiger partial charge in [-0.25, -0.2) is 19.3 Å². The third kappa shape index (κ3) is 5.08. The van der Waals surface area contributed by atoms with Crippen molar-refractivity contribution in [2.75, 3.05) is 18.2 Å². The number of nitrogens with zero attached hydrogens (tertiary/aromatic N) is 3. The van der Waals surface area contributed by atoms with Crippen LogP contribution in [0.15, 0.2) is 79.3 Å². The van der Waals surface area contributed by atoms with Crippen LogP contribution in [0, 0.1) is 12.7 Å². The molecule has 2 heterocycles. The number of nitrogens with one attached hydrogen (secondary N) is 1. The summed E-state index contributed by atoms with van der Waals surface area (Å²) in [5.74, 6) is -0.385. The molecule has 0 aliphatic rings. The molecule has 0 aliphatic heterocycles. The van der Waals surface area contributed by atoms with E-state index in [1.54, 1.807) is 48.7 Å². The molecule has 2 aromatic heterocycles. The summed E-state index contributed by atoms with van der Waals surface area (Å²) in [6, 6.07) is 19.2. The maximum Gasteiger partial charge on any atom is 0.255 e. The average molecular weight is 510 g/mol. The SMILES string of the molecule is COc1ncc(-c2cc(OCc3ccc(C(=O)Nc4ccccc4N)cc3)c3ncnc(C)c3c2)cc1F. The van der Waals surface area contributed by atoms with E-state index < -0.39 is 5.82 Å². The number of rotatable bonds is 7. The van der Waals surface area contributed by atoms with E-state index in [1.165, 1.54) is 19.5 Å². The lowest BCUT2D eigenvalue weighted by molar-refractivity contribution is 0.102. The average Bonchev–Trinajstić information content (AvgIpc) is 2.93. The molecule has 9 heteroatoms. The van der Waals surface area contributed by atoms with Crippen molar-refractivity contribution in [2.45, 2.75) is 13.5 Å². The number of nitrogen functional groups attached to an aromatic ring is 1. The number of hydrogen-bond acceptors (Lipinski definition) is 7. The van der Waals surface area contributed by atoms with E-state index in [0.29, 0.717) is 39.3 Å². The molecule has 3 aromatic carbocycles. The summed E-state index contributed by atoms with van der Waals surface area (Å²) in [4.78, 5) is 25.4. The van der Waals surface area contributed by atoms with Gasteiger partial charge in [0.25, 0.3) is 5.91 Å². The van der Waals surface area contributed by atoms with Crippen LogP contribution in [0.25, 0.3) is 22.0 Å². The maximum absolute atomic E-state index is 14.4. The highest BCUT2D eigenvalue weighted by Gasteiger charge is 2.14. The number of halogens is 1. The van der Waals surface area contributed by atoms with Gasteiger partial charge < -0.3 is 20.5 Å². The Bertz CT molecular complexity index is 1640. The second kappa shape index (κ2) is 10.5. The largest absolute Gasteiger partial charge is 0.487 e. The quantitative estimate of drug-likeness (QED) is 0.276. The monoisotopic (exact) mass is 509 g/mol. The fourth-order valence-corrected chi connectivity index (χ4v) is 3.99. The summed E-state index contributed by atoms with van der Waals surface area (Å²) in [7, 11) is 1.37. The van der Waals surface area contributed by atoms with Gasteiger partial charge >= 0.3 is 0 Å². The van der Waals surface area contributed by atoms with Crippen LogP contribution >= 0.6 is 0 Å². The summed E-state index contributed by atoms with van der Waals surface area (Å²) in [6.07, 6.45) is 3.02. The first-order chi connectivity index (χ1) is 18.4. The van der Waals surface area contributed by atoms with E-state index in [1.807, 2.05) is 25.1 Å². The number of anilines is 2. The minimum Gasteiger partial charge on any atom is -0.487 e. The highest BCUT2D eigenvalue weighted by molar-refractivity contribution is 6.05. The van der Waals surface area contributed by atoms with Gasteiger partial charge in [0, 0.05) is 28.4 Å². The second-order valence-corrected chi connectivity index (χ2v) is 8.57. The van der Waals surface area contributed by atoms with Crippen molar-refractivity contribution in [1.82, 2.24) is 15.0 Å². The molecule has 0 saturated carbocycles. The van der Waals surface area contributed by atoms with Gasteiger partial charge in [0.15, 0.2) is 5.82 Å². The summed E-state index contributed by atoms with van der Waals surface area (Å²) in [6.45, 7) is 2.10. The molecule has 0 fully saturated rings. The smallest absolute Gasteiger partial charge is 0.255 e. The number of ether oxygens (including phenoxy) is 2. The van der Waals surface area contributed by atoms with E-state index in [9.17, 15) is 9.18 Å². The Morgan fingerprint density at radius 3 is 2.53 bits per heavy atom. The van der Waals surface area contributed by atoms with E-state index in [0.717, 1.165) is 16.6 Å². The summed E-state index contributed by atoms with van der Waals surface area (Å²) in [5, 5.41) is 3.59. The van der Waals surface area contributed by atoms with Gasteiger partial charge in [0.2, 0.25) is 5.88 Å². The van der Waals surface area contributed by atoms with E-state index in [4.69, 9.17) is 15.2 Å². The molecule has 8 nitrogen and oxygen atoms in total. The van der Waals surface area contributed by atoms with Crippen LogP contribution in [0.4, 0.5) is 15.8 Å². The van der Waals surface area contributed by atoms with Crippen LogP contribution in [0.2, 0.25) is 0 Å². The van der Waals surface area contributed by atoms with Crippen LogP contribution in [-0.4, -0.2) is 28.0 Å². The van der Waals surface area contributed by atoms with Crippen molar-refractivity contribution in [3.8, 4) is 22.8 Å². The number of nitrogens with two attached hydrogens (primary N) is 1. The van der Waals surface area contributed by atoms with Crippen LogP contribution < -0.4 is 20.5 Å². The fraction of sp³-hybridized carbons (Fsp3) is 0.103. The lowest BCUT2D eigenvalue weighted by Crippen LogP contribution is -2.13. The topological polar surface area (TPSA) is 112 Å². The van der Waals surface area contributed by atoms with E-state index in [2.05, 4.69) is 20.3 Å². The minimum absolute atomic E-state index is 0.0742. The Labute approximate surface area is 218 Å². The molecule has 0 aliphatic carbocycles. The summed E-state index contributed by atoms with van der Waals surface area (Å²) < 4.78 is 25.4. The van der Waals surface area contributed by atoms with Crippen molar-refractivity contribution < 1.29 is 18.7 Å². The molecule has 38 heavy (non-hydrogen) atoms. The molecule has 0 radical (unpaired) electrons. The zero-order chi connectivity index (χ0) is 26.6. The molecule has 0 bridgehead atoms. The number of methoxy groups -OCH3 is 1. The number of fused-ring (bicyclic) bond motifs is 1. The Morgan fingerprint density at radius 1 is 1.00 bits per heavy atom. The molecule has 5 rings (SSSR count). The highest BCUT2D eigenvalue weighted by Crippen LogP contribution is 2.33. The Balaban J connectivity index is 1.38. The van der Waals surface area contributed by atoms with Crippen molar-refractivity contribution in [3.63, 3.8) is 0 Å². The normalized spacial score (nSPS) is 10.8. The maximum atomic E-state index is 14.4. The lowest BCUT2D eigenvalue weighted by Gasteiger charge is -2.13. The standard InChI is InChI=1S/C29H24FN5O3/c1-17-22-11-20(21-12-23(30)29(37-2)32-14-21)13-26(27(22)34-16-33-17)38-15-18-7-9-19(10-8-18)28(36)35-25-6-4-3-5-24(25)31/h3-14,16H,15,31H2,1-2H3,(H,35,36). The van der Waals surface area contributed by atoms with Gasteiger partial charge in [0.1, 0.15) is 24.2 Å². The Kier molecular flexibility index (Phi) is 6.82. The van der Waals surface area contributed by atoms with Crippen molar-refractivity contribution in [1.29, 1.82) is 0 Å². The first-order valence-electron chi connectivity index (χ1n) is 11.8. The molecule has 0 saturated heterocycles. The molecule has 5 aromatic rings. The van der Waals surface area contributed by atoms with E-state index in [-0.39, 0.29) is 18.4 Å². The predicted octanol–water partition coefficient (Wildman–Crippen LogP) is 5.56. The van der Waals surface area contributed by atoms with Crippen molar-refractivity contribution >= 4 is 28.2 Å². The molecule has 0 spiro atoms. The number of benzene rings is 3. The predicted molar refractivity (Wildman–Crippen MR) is 144 cm³/mol. The molecule has 1 amide bonds. The van der Waals surface area contributed by atoms with Gasteiger partial charge in [-0.2, -0.15) is 0 Å². The number of carbonyl (C=O) groups excluding carboxylic acids is 1.